The molecule has 0 radical (unpaired) electrons. The van der Waals surface area contributed by atoms with Gasteiger partial charge >= 0.3 is 0 Å². The van der Waals surface area contributed by atoms with Crippen molar-refractivity contribution in [1.29, 1.82) is 0 Å². The second-order valence-corrected chi connectivity index (χ2v) is 2.19. The monoisotopic (exact) mass is 145 g/mol. The fourth-order valence-corrected chi connectivity index (χ4v) is 0.932. The number of rotatable bonds is 0. The Morgan fingerprint density at radius 3 is 3.27 bits per heavy atom. The number of pyridine rings is 1. The molecule has 2 nitrogen and oxygen atoms in total. The van der Waals surface area contributed by atoms with Crippen LogP contribution in [0.15, 0.2) is 36.7 Å². The van der Waals surface area contributed by atoms with Crippen molar-refractivity contribution in [1.82, 2.24) is 4.98 Å². The molecule has 0 bridgehead atoms. The molecule has 0 amide bonds. The van der Waals surface area contributed by atoms with Crippen LogP contribution >= 0.6 is 0 Å². The summed E-state index contributed by atoms with van der Waals surface area (Å²) in [7, 11) is 0. The first kappa shape index (κ1) is 6.16. The molecule has 0 aromatic carbocycles. The molecular formula is C9H7NO. The van der Waals surface area contributed by atoms with Gasteiger partial charge in [-0.25, -0.2) is 0 Å². The molecule has 1 aliphatic rings. The summed E-state index contributed by atoms with van der Waals surface area (Å²) in [5, 5.41) is 0. The highest BCUT2D eigenvalue weighted by Gasteiger charge is 1.99. The standard InChI is InChI=1S/C9H7NO/c1-2-7-11-9-5-3-6-10-8(9)4-1/h1-7H. The Morgan fingerprint density at radius 2 is 2.27 bits per heavy atom. The van der Waals surface area contributed by atoms with Crippen LogP contribution in [-0.2, 0) is 0 Å². The quantitative estimate of drug-likeness (QED) is 0.557. The average molecular weight is 145 g/mol. The molecule has 2 heteroatoms. The fourth-order valence-electron chi connectivity index (χ4n) is 0.932. The normalized spacial score (nSPS) is 13.5. The number of hydrogen-bond acceptors (Lipinski definition) is 2. The summed E-state index contributed by atoms with van der Waals surface area (Å²) >= 11 is 0. The van der Waals surface area contributed by atoms with Gasteiger partial charge in [0.1, 0.15) is 5.69 Å². The molecule has 1 aromatic heterocycles. The van der Waals surface area contributed by atoms with Gasteiger partial charge in [0.15, 0.2) is 5.75 Å². The van der Waals surface area contributed by atoms with Gasteiger partial charge in [0, 0.05) is 6.20 Å². The van der Waals surface area contributed by atoms with Gasteiger partial charge in [-0.1, -0.05) is 6.08 Å². The van der Waals surface area contributed by atoms with Gasteiger partial charge in [-0.05, 0) is 24.3 Å². The van der Waals surface area contributed by atoms with Crippen molar-refractivity contribution in [3.05, 3.63) is 42.4 Å². The Hall–Kier alpha value is -1.57. The third-order valence-electron chi connectivity index (χ3n) is 1.44. The smallest absolute Gasteiger partial charge is 0.152 e. The van der Waals surface area contributed by atoms with Crippen molar-refractivity contribution >= 4 is 6.08 Å². The summed E-state index contributed by atoms with van der Waals surface area (Å²) in [5.41, 5.74) is 0.873. The van der Waals surface area contributed by atoms with Crippen LogP contribution < -0.4 is 4.74 Å². The van der Waals surface area contributed by atoms with Crippen molar-refractivity contribution < 1.29 is 4.74 Å². The van der Waals surface area contributed by atoms with Crippen molar-refractivity contribution in [2.24, 2.45) is 0 Å². The molecule has 0 atom stereocenters. The van der Waals surface area contributed by atoms with Crippen molar-refractivity contribution in [2.75, 3.05) is 0 Å². The molecule has 0 saturated carbocycles. The van der Waals surface area contributed by atoms with Crippen LogP contribution in [0.5, 0.6) is 5.75 Å². The van der Waals surface area contributed by atoms with E-state index in [9.17, 15) is 0 Å². The van der Waals surface area contributed by atoms with Gasteiger partial charge in [0.05, 0.1) is 6.26 Å². The zero-order valence-corrected chi connectivity index (χ0v) is 5.90. The third-order valence-corrected chi connectivity index (χ3v) is 1.44. The Labute approximate surface area is 64.8 Å². The number of allylic oxidation sites excluding steroid dienone is 2. The molecule has 2 rings (SSSR count). The van der Waals surface area contributed by atoms with E-state index in [1.54, 1.807) is 12.5 Å². The van der Waals surface area contributed by atoms with Crippen molar-refractivity contribution in [3.8, 4) is 5.75 Å². The molecule has 1 aliphatic heterocycles. The zero-order valence-electron chi connectivity index (χ0n) is 5.90. The minimum Gasteiger partial charge on any atom is -0.463 e. The molecule has 0 saturated heterocycles. The summed E-state index contributed by atoms with van der Waals surface area (Å²) in [6, 6.07) is 3.74. The minimum absolute atomic E-state index is 0.803. The maximum atomic E-state index is 5.24. The summed E-state index contributed by atoms with van der Waals surface area (Å²) in [6.45, 7) is 0. The largest absolute Gasteiger partial charge is 0.463 e. The zero-order chi connectivity index (χ0) is 7.52. The maximum Gasteiger partial charge on any atom is 0.152 e. The molecule has 0 spiro atoms. The lowest BCUT2D eigenvalue weighted by Gasteiger charge is -1.99. The number of nitrogens with zero attached hydrogens (tertiary/aromatic N) is 1. The predicted octanol–water partition coefficient (Wildman–Crippen LogP) is 2.00. The lowest BCUT2D eigenvalue weighted by atomic mass is 10.3. The van der Waals surface area contributed by atoms with Gasteiger partial charge in [-0.15, -0.1) is 0 Å². The summed E-state index contributed by atoms with van der Waals surface area (Å²) in [5.74, 6) is 0.803. The molecule has 0 aliphatic carbocycles. The SMILES string of the molecule is C1=COc2cccnc2C=C1. The molecule has 2 heterocycles. The van der Waals surface area contributed by atoms with E-state index in [2.05, 4.69) is 4.98 Å². The van der Waals surface area contributed by atoms with Crippen LogP contribution in [0, 0.1) is 0 Å². The van der Waals surface area contributed by atoms with E-state index in [0.717, 1.165) is 11.4 Å². The highest BCUT2D eigenvalue weighted by atomic mass is 16.5. The van der Waals surface area contributed by atoms with E-state index in [1.807, 2.05) is 30.4 Å². The Balaban J connectivity index is 2.52. The lowest BCUT2D eigenvalue weighted by molar-refractivity contribution is 0.479. The van der Waals surface area contributed by atoms with Crippen LogP contribution in [0.4, 0.5) is 0 Å². The van der Waals surface area contributed by atoms with Gasteiger partial charge in [0.2, 0.25) is 0 Å². The molecule has 0 N–H and O–H groups in total. The first-order valence-electron chi connectivity index (χ1n) is 3.42. The van der Waals surface area contributed by atoms with E-state index < -0.39 is 0 Å². The van der Waals surface area contributed by atoms with Gasteiger partial charge < -0.3 is 4.74 Å². The van der Waals surface area contributed by atoms with Crippen LogP contribution in [-0.4, -0.2) is 4.98 Å². The number of hydrogen-bond donors (Lipinski definition) is 0. The Kier molecular flexibility index (Phi) is 1.44. The van der Waals surface area contributed by atoms with Gasteiger partial charge in [-0.3, -0.25) is 4.98 Å². The first-order valence-corrected chi connectivity index (χ1v) is 3.42. The number of ether oxygens (including phenoxy) is 1. The third kappa shape index (κ3) is 1.15. The van der Waals surface area contributed by atoms with E-state index in [4.69, 9.17) is 4.74 Å². The first-order chi connectivity index (χ1) is 5.47. The summed E-state index contributed by atoms with van der Waals surface area (Å²) < 4.78 is 5.24. The summed E-state index contributed by atoms with van der Waals surface area (Å²) in [4.78, 5) is 4.13. The van der Waals surface area contributed by atoms with Gasteiger partial charge in [0.25, 0.3) is 0 Å². The molecule has 11 heavy (non-hydrogen) atoms. The Bertz CT molecular complexity index is 315. The van der Waals surface area contributed by atoms with E-state index in [-0.39, 0.29) is 0 Å². The molecule has 54 valence electrons. The van der Waals surface area contributed by atoms with Crippen molar-refractivity contribution in [3.63, 3.8) is 0 Å². The molecule has 1 aromatic rings. The maximum absolute atomic E-state index is 5.24. The average Bonchev–Trinajstić information content (AvgIpc) is 2.28. The molecule has 0 fully saturated rings. The van der Waals surface area contributed by atoms with Crippen LogP contribution in [0.2, 0.25) is 0 Å². The van der Waals surface area contributed by atoms with E-state index in [0.29, 0.717) is 0 Å². The Morgan fingerprint density at radius 1 is 1.27 bits per heavy atom. The highest BCUT2D eigenvalue weighted by molar-refractivity contribution is 5.55. The highest BCUT2D eigenvalue weighted by Crippen LogP contribution is 2.18. The topological polar surface area (TPSA) is 22.1 Å². The van der Waals surface area contributed by atoms with Crippen LogP contribution in [0.25, 0.3) is 6.08 Å². The van der Waals surface area contributed by atoms with Gasteiger partial charge in [-0.2, -0.15) is 0 Å². The number of aromatic nitrogens is 1. The second-order valence-electron chi connectivity index (χ2n) is 2.19. The summed E-state index contributed by atoms with van der Waals surface area (Å²) in [6.07, 6.45) is 9.04. The van der Waals surface area contributed by atoms with E-state index >= 15 is 0 Å². The predicted molar refractivity (Wildman–Crippen MR) is 43.0 cm³/mol. The van der Waals surface area contributed by atoms with Crippen molar-refractivity contribution in [2.45, 2.75) is 0 Å². The van der Waals surface area contributed by atoms with Crippen LogP contribution in [0.1, 0.15) is 5.69 Å². The lowest BCUT2D eigenvalue weighted by Crippen LogP contribution is -1.86. The van der Waals surface area contributed by atoms with E-state index in [1.165, 1.54) is 0 Å². The molecule has 0 unspecified atom stereocenters. The number of fused-ring (bicyclic) bond motifs is 1. The fraction of sp³-hybridized carbons (Fsp3) is 0. The minimum atomic E-state index is 0.803. The molecular weight excluding hydrogens is 138 g/mol. The van der Waals surface area contributed by atoms with Crippen LogP contribution in [0.3, 0.4) is 0 Å². The second kappa shape index (κ2) is 2.58.